The standard InChI is InChI=1S/C14H28/c1-9(2)10(3)12-8-13(12)11(4)14(5,6)7/h9-13H,8H2,1-7H3. The zero-order chi connectivity index (χ0) is 11.1. The van der Waals surface area contributed by atoms with Crippen molar-refractivity contribution in [3.05, 3.63) is 0 Å². The second-order valence-corrected chi connectivity index (χ2v) is 6.82. The minimum absolute atomic E-state index is 0.496. The van der Waals surface area contributed by atoms with E-state index in [1.54, 1.807) is 0 Å². The molecule has 0 spiro atoms. The smallest absolute Gasteiger partial charge is 0.0349 e. The largest absolute Gasteiger partial charge is 0.0625 e. The van der Waals surface area contributed by atoms with Gasteiger partial charge in [-0.3, -0.25) is 0 Å². The third kappa shape index (κ3) is 2.52. The highest BCUT2D eigenvalue weighted by molar-refractivity contribution is 4.96. The number of rotatable bonds is 3. The van der Waals surface area contributed by atoms with Crippen LogP contribution in [-0.2, 0) is 0 Å². The van der Waals surface area contributed by atoms with E-state index in [1.807, 2.05) is 0 Å². The Balaban J connectivity index is 2.47. The van der Waals surface area contributed by atoms with Crippen LogP contribution in [0.15, 0.2) is 0 Å². The molecule has 0 aromatic carbocycles. The molecule has 1 saturated carbocycles. The predicted octanol–water partition coefficient (Wildman–Crippen LogP) is 4.60. The van der Waals surface area contributed by atoms with Gasteiger partial charge in [-0.2, -0.15) is 0 Å². The first kappa shape index (κ1) is 12.1. The van der Waals surface area contributed by atoms with Gasteiger partial charge in [0.1, 0.15) is 0 Å². The van der Waals surface area contributed by atoms with Crippen LogP contribution in [0.4, 0.5) is 0 Å². The average molecular weight is 196 g/mol. The van der Waals surface area contributed by atoms with Crippen molar-refractivity contribution in [3.8, 4) is 0 Å². The molecule has 0 nitrogen and oxygen atoms in total. The SMILES string of the molecule is CC(C)C(C)C1CC1C(C)C(C)(C)C. The van der Waals surface area contributed by atoms with Gasteiger partial charge in [-0.15, -0.1) is 0 Å². The van der Waals surface area contributed by atoms with Crippen molar-refractivity contribution in [2.75, 3.05) is 0 Å². The van der Waals surface area contributed by atoms with Gasteiger partial charge in [-0.25, -0.2) is 0 Å². The summed E-state index contributed by atoms with van der Waals surface area (Å²) < 4.78 is 0. The highest BCUT2D eigenvalue weighted by Gasteiger charge is 2.47. The monoisotopic (exact) mass is 196 g/mol. The van der Waals surface area contributed by atoms with Gasteiger partial charge in [0.05, 0.1) is 0 Å². The summed E-state index contributed by atoms with van der Waals surface area (Å²) in [5, 5.41) is 0. The molecule has 1 aliphatic carbocycles. The molecule has 0 aromatic rings. The first-order valence-corrected chi connectivity index (χ1v) is 6.25. The van der Waals surface area contributed by atoms with Crippen LogP contribution in [0.5, 0.6) is 0 Å². The molecule has 0 aromatic heterocycles. The molecule has 0 bridgehead atoms. The molecule has 1 fully saturated rings. The molecular weight excluding hydrogens is 168 g/mol. The van der Waals surface area contributed by atoms with Crippen molar-refractivity contribution in [1.29, 1.82) is 0 Å². The summed E-state index contributed by atoms with van der Waals surface area (Å²) in [5.41, 5.74) is 0.496. The maximum Gasteiger partial charge on any atom is -0.0349 e. The van der Waals surface area contributed by atoms with Gasteiger partial charge in [0.15, 0.2) is 0 Å². The normalized spacial score (nSPS) is 31.7. The van der Waals surface area contributed by atoms with E-state index >= 15 is 0 Å². The van der Waals surface area contributed by atoms with Gasteiger partial charge >= 0.3 is 0 Å². The molecule has 0 aliphatic heterocycles. The molecular formula is C14H28. The van der Waals surface area contributed by atoms with E-state index in [0.717, 1.165) is 29.6 Å². The maximum atomic E-state index is 2.44. The van der Waals surface area contributed by atoms with Gasteiger partial charge in [0.25, 0.3) is 0 Å². The summed E-state index contributed by atoms with van der Waals surface area (Å²) in [6, 6.07) is 0. The highest BCUT2D eigenvalue weighted by Crippen LogP contribution is 2.54. The molecule has 14 heavy (non-hydrogen) atoms. The van der Waals surface area contributed by atoms with E-state index in [1.165, 1.54) is 6.42 Å². The summed E-state index contributed by atoms with van der Waals surface area (Å²) in [4.78, 5) is 0. The zero-order valence-electron chi connectivity index (χ0n) is 11.1. The summed E-state index contributed by atoms with van der Waals surface area (Å²) in [6.45, 7) is 16.7. The van der Waals surface area contributed by atoms with Crippen molar-refractivity contribution in [1.82, 2.24) is 0 Å². The molecule has 0 N–H and O–H groups in total. The summed E-state index contributed by atoms with van der Waals surface area (Å²) in [5.74, 6) is 4.69. The average Bonchev–Trinajstić information content (AvgIpc) is 2.78. The zero-order valence-corrected chi connectivity index (χ0v) is 11.1. The van der Waals surface area contributed by atoms with Crippen LogP contribution in [-0.4, -0.2) is 0 Å². The van der Waals surface area contributed by atoms with Crippen LogP contribution < -0.4 is 0 Å². The summed E-state index contributed by atoms with van der Waals surface area (Å²) in [7, 11) is 0. The van der Waals surface area contributed by atoms with Crippen LogP contribution in [0.1, 0.15) is 54.9 Å². The first-order chi connectivity index (χ1) is 6.25. The maximum absolute atomic E-state index is 2.44. The second kappa shape index (κ2) is 3.87. The molecule has 0 amide bonds. The van der Waals surface area contributed by atoms with Crippen molar-refractivity contribution < 1.29 is 0 Å². The van der Waals surface area contributed by atoms with Gasteiger partial charge in [-0.1, -0.05) is 48.5 Å². The van der Waals surface area contributed by atoms with E-state index in [-0.39, 0.29) is 0 Å². The van der Waals surface area contributed by atoms with Gasteiger partial charge in [0.2, 0.25) is 0 Å². The summed E-state index contributed by atoms with van der Waals surface area (Å²) in [6.07, 6.45) is 1.48. The molecule has 0 radical (unpaired) electrons. The lowest BCUT2D eigenvalue weighted by atomic mass is 9.77. The Labute approximate surface area is 90.5 Å². The van der Waals surface area contributed by atoms with Crippen molar-refractivity contribution >= 4 is 0 Å². The Bertz CT molecular complexity index is 185. The van der Waals surface area contributed by atoms with Crippen molar-refractivity contribution in [2.45, 2.75) is 54.9 Å². The quantitative estimate of drug-likeness (QED) is 0.619. The lowest BCUT2D eigenvalue weighted by Crippen LogP contribution is -2.21. The molecule has 1 aliphatic rings. The molecule has 4 atom stereocenters. The van der Waals surface area contributed by atoms with E-state index in [0.29, 0.717) is 5.41 Å². The number of hydrogen-bond acceptors (Lipinski definition) is 0. The minimum Gasteiger partial charge on any atom is -0.0625 e. The predicted molar refractivity (Wildman–Crippen MR) is 64.2 cm³/mol. The van der Waals surface area contributed by atoms with Crippen molar-refractivity contribution in [2.24, 2.45) is 35.0 Å². The molecule has 4 unspecified atom stereocenters. The van der Waals surface area contributed by atoms with Gasteiger partial charge < -0.3 is 0 Å². The van der Waals surface area contributed by atoms with Crippen LogP contribution >= 0.6 is 0 Å². The first-order valence-electron chi connectivity index (χ1n) is 6.25. The fourth-order valence-electron chi connectivity index (χ4n) is 2.55. The summed E-state index contributed by atoms with van der Waals surface area (Å²) >= 11 is 0. The molecule has 1 rings (SSSR count). The van der Waals surface area contributed by atoms with E-state index in [2.05, 4.69) is 48.5 Å². The lowest BCUT2D eigenvalue weighted by molar-refractivity contribution is 0.207. The Morgan fingerprint density at radius 3 is 1.79 bits per heavy atom. The van der Waals surface area contributed by atoms with Gasteiger partial charge in [0, 0.05) is 0 Å². The number of hydrogen-bond donors (Lipinski definition) is 0. The van der Waals surface area contributed by atoms with Crippen molar-refractivity contribution in [3.63, 3.8) is 0 Å². The molecule has 0 heteroatoms. The van der Waals surface area contributed by atoms with E-state index in [4.69, 9.17) is 0 Å². The fraction of sp³-hybridized carbons (Fsp3) is 1.00. The Kier molecular flexibility index (Phi) is 3.33. The third-order valence-corrected chi connectivity index (χ3v) is 4.63. The van der Waals surface area contributed by atoms with E-state index in [9.17, 15) is 0 Å². The molecule has 84 valence electrons. The Morgan fingerprint density at radius 1 is 0.929 bits per heavy atom. The highest BCUT2D eigenvalue weighted by atomic mass is 14.5. The minimum atomic E-state index is 0.496. The van der Waals surface area contributed by atoms with Crippen LogP contribution in [0.3, 0.4) is 0 Å². The third-order valence-electron chi connectivity index (χ3n) is 4.63. The second-order valence-electron chi connectivity index (χ2n) is 6.82. The Morgan fingerprint density at radius 2 is 1.43 bits per heavy atom. The van der Waals surface area contributed by atoms with Crippen LogP contribution in [0.2, 0.25) is 0 Å². The Hall–Kier alpha value is 0. The molecule has 0 heterocycles. The fourth-order valence-corrected chi connectivity index (χ4v) is 2.55. The topological polar surface area (TPSA) is 0 Å². The van der Waals surface area contributed by atoms with Gasteiger partial charge in [-0.05, 0) is 41.4 Å². The van der Waals surface area contributed by atoms with Crippen LogP contribution in [0, 0.1) is 35.0 Å². The lowest BCUT2D eigenvalue weighted by Gasteiger charge is -2.28. The van der Waals surface area contributed by atoms with Crippen LogP contribution in [0.25, 0.3) is 0 Å². The molecule has 0 saturated heterocycles. The van der Waals surface area contributed by atoms with E-state index < -0.39 is 0 Å².